The molecule has 0 aliphatic heterocycles. The molecule has 0 spiro atoms. The van der Waals surface area contributed by atoms with Gasteiger partial charge in [0.15, 0.2) is 11.5 Å². The molecule has 162 valence electrons. The second-order valence-electron chi connectivity index (χ2n) is 6.75. The van der Waals surface area contributed by atoms with Crippen molar-refractivity contribution >= 4 is 6.16 Å². The Morgan fingerprint density at radius 3 is 1.87 bits per heavy atom. The minimum absolute atomic E-state index is 0.0796. The van der Waals surface area contributed by atoms with E-state index in [0.717, 1.165) is 16.7 Å². The van der Waals surface area contributed by atoms with Gasteiger partial charge in [-0.15, -0.1) is 0 Å². The van der Waals surface area contributed by atoms with E-state index in [9.17, 15) is 4.79 Å². The lowest BCUT2D eigenvalue weighted by atomic mass is 10.1. The highest BCUT2D eigenvalue weighted by Crippen LogP contribution is 2.30. The molecule has 3 aromatic carbocycles. The van der Waals surface area contributed by atoms with Gasteiger partial charge in [0.1, 0.15) is 19.8 Å². The van der Waals surface area contributed by atoms with Gasteiger partial charge in [0, 0.05) is 6.42 Å². The highest BCUT2D eigenvalue weighted by atomic mass is 16.7. The van der Waals surface area contributed by atoms with Crippen LogP contribution in [0.2, 0.25) is 0 Å². The van der Waals surface area contributed by atoms with E-state index < -0.39 is 6.16 Å². The van der Waals surface area contributed by atoms with E-state index >= 15 is 0 Å². The Bertz CT molecular complexity index is 927. The molecular formula is C25H26O6. The molecule has 0 unspecified atom stereocenters. The number of carbonyl (C=O) groups is 1. The summed E-state index contributed by atoms with van der Waals surface area (Å²) in [5, 5.41) is 8.67. The third kappa shape index (κ3) is 7.68. The third-order valence-corrected chi connectivity index (χ3v) is 4.40. The molecule has 0 saturated carbocycles. The summed E-state index contributed by atoms with van der Waals surface area (Å²) < 4.78 is 21.7. The molecule has 6 heteroatoms. The fraction of sp³-hybridized carbons (Fsp3) is 0.240. The number of aliphatic hydroxyl groups excluding tert-OH is 1. The zero-order valence-electron chi connectivity index (χ0n) is 17.2. The van der Waals surface area contributed by atoms with Gasteiger partial charge in [-0.3, -0.25) is 0 Å². The van der Waals surface area contributed by atoms with Crippen molar-refractivity contribution in [2.75, 3.05) is 19.8 Å². The van der Waals surface area contributed by atoms with Gasteiger partial charge in [-0.05, 0) is 28.8 Å². The molecule has 31 heavy (non-hydrogen) atoms. The summed E-state index contributed by atoms with van der Waals surface area (Å²) in [6.45, 7) is 0.690. The van der Waals surface area contributed by atoms with E-state index in [1.807, 2.05) is 78.9 Å². The smallest absolute Gasteiger partial charge is 0.485 e. The highest BCUT2D eigenvalue weighted by molar-refractivity contribution is 5.59. The van der Waals surface area contributed by atoms with Gasteiger partial charge < -0.3 is 24.1 Å². The van der Waals surface area contributed by atoms with Crippen LogP contribution < -0.4 is 9.47 Å². The van der Waals surface area contributed by atoms with Crippen LogP contribution in [0.25, 0.3) is 0 Å². The molecule has 0 atom stereocenters. The largest absolute Gasteiger partial charge is 0.508 e. The van der Waals surface area contributed by atoms with Crippen LogP contribution in [0.5, 0.6) is 11.5 Å². The minimum Gasteiger partial charge on any atom is -0.485 e. The zero-order chi connectivity index (χ0) is 21.7. The molecule has 0 aliphatic carbocycles. The molecule has 0 aliphatic rings. The van der Waals surface area contributed by atoms with Crippen molar-refractivity contribution in [2.45, 2.75) is 19.6 Å². The molecule has 0 bridgehead atoms. The molecule has 0 heterocycles. The summed E-state index contributed by atoms with van der Waals surface area (Å²) in [5.74, 6) is 1.27. The fourth-order valence-corrected chi connectivity index (χ4v) is 2.83. The molecule has 0 radical (unpaired) electrons. The van der Waals surface area contributed by atoms with Crippen molar-refractivity contribution in [3.63, 3.8) is 0 Å². The van der Waals surface area contributed by atoms with E-state index in [4.69, 9.17) is 19.3 Å². The Balaban J connectivity index is 1.64. The van der Waals surface area contributed by atoms with Crippen molar-refractivity contribution in [1.29, 1.82) is 0 Å². The Morgan fingerprint density at radius 1 is 0.677 bits per heavy atom. The lowest BCUT2D eigenvalue weighted by Gasteiger charge is -2.15. The normalized spacial score (nSPS) is 10.4. The quantitative estimate of drug-likeness (QED) is 0.458. The van der Waals surface area contributed by atoms with Crippen LogP contribution in [0, 0.1) is 0 Å². The van der Waals surface area contributed by atoms with Gasteiger partial charge in [-0.2, -0.15) is 0 Å². The molecule has 1 N–H and O–H groups in total. The second kappa shape index (κ2) is 12.2. The number of ether oxygens (including phenoxy) is 4. The van der Waals surface area contributed by atoms with E-state index in [0.29, 0.717) is 31.1 Å². The number of aliphatic hydroxyl groups is 1. The lowest BCUT2D eigenvalue weighted by molar-refractivity contribution is 0.0442. The minimum atomic E-state index is -0.794. The van der Waals surface area contributed by atoms with Gasteiger partial charge in [0.2, 0.25) is 0 Å². The molecular weight excluding hydrogens is 396 g/mol. The molecule has 6 nitrogen and oxygen atoms in total. The molecule has 0 saturated heterocycles. The molecule has 0 aromatic heterocycles. The number of rotatable bonds is 11. The molecule has 0 fully saturated rings. The van der Waals surface area contributed by atoms with Crippen LogP contribution in [0.15, 0.2) is 78.9 Å². The van der Waals surface area contributed by atoms with E-state index in [2.05, 4.69) is 4.74 Å². The summed E-state index contributed by atoms with van der Waals surface area (Å²) in [4.78, 5) is 11.4. The third-order valence-electron chi connectivity index (χ3n) is 4.40. The first-order valence-corrected chi connectivity index (χ1v) is 10.1. The summed E-state index contributed by atoms with van der Waals surface area (Å²) in [5.41, 5.74) is 3.05. The molecule has 3 rings (SSSR count). The van der Waals surface area contributed by atoms with Gasteiger partial charge in [-0.25, -0.2) is 4.79 Å². The lowest BCUT2D eigenvalue weighted by Crippen LogP contribution is -2.12. The first-order chi connectivity index (χ1) is 15.2. The maximum Gasteiger partial charge on any atom is 0.508 e. The van der Waals surface area contributed by atoms with Crippen LogP contribution in [0.4, 0.5) is 4.79 Å². The van der Waals surface area contributed by atoms with Gasteiger partial charge >= 0.3 is 6.16 Å². The Kier molecular flexibility index (Phi) is 8.76. The second-order valence-corrected chi connectivity index (χ2v) is 6.75. The Labute approximate surface area is 182 Å². The fourth-order valence-electron chi connectivity index (χ4n) is 2.83. The van der Waals surface area contributed by atoms with Crippen molar-refractivity contribution < 1.29 is 28.8 Å². The van der Waals surface area contributed by atoms with Crippen LogP contribution in [-0.2, 0) is 29.1 Å². The predicted octanol–water partition coefficient (Wildman–Crippen LogP) is 4.53. The molecule has 0 amide bonds. The summed E-state index contributed by atoms with van der Waals surface area (Å²) in [6.07, 6.45) is -0.299. The summed E-state index contributed by atoms with van der Waals surface area (Å²) >= 11 is 0. The van der Waals surface area contributed by atoms with Gasteiger partial charge in [-0.1, -0.05) is 66.7 Å². The maximum absolute atomic E-state index is 11.4. The maximum atomic E-state index is 11.4. The van der Waals surface area contributed by atoms with E-state index in [-0.39, 0.29) is 19.8 Å². The number of hydrogen-bond acceptors (Lipinski definition) is 6. The Hall–Kier alpha value is -3.51. The average Bonchev–Trinajstić information content (AvgIpc) is 2.82. The van der Waals surface area contributed by atoms with Crippen LogP contribution in [-0.4, -0.2) is 31.1 Å². The highest BCUT2D eigenvalue weighted by Gasteiger charge is 2.10. The van der Waals surface area contributed by atoms with Gasteiger partial charge in [0.25, 0.3) is 0 Å². The number of benzene rings is 3. The predicted molar refractivity (Wildman–Crippen MR) is 116 cm³/mol. The van der Waals surface area contributed by atoms with Crippen LogP contribution in [0.3, 0.4) is 0 Å². The first kappa shape index (κ1) is 22.2. The number of carbonyl (C=O) groups excluding carboxylic acids is 1. The van der Waals surface area contributed by atoms with E-state index in [1.54, 1.807) is 0 Å². The summed E-state index contributed by atoms with van der Waals surface area (Å²) in [6, 6.07) is 25.5. The first-order valence-electron chi connectivity index (χ1n) is 10.1. The standard InChI is InChI=1S/C25H26O6/c26-14-16-29-25(27)28-15-13-20-11-12-23(30-18-21-7-3-1-4-8-21)24(17-20)31-19-22-9-5-2-6-10-22/h1-12,17,26H,13-16,18-19H2. The van der Waals surface area contributed by atoms with Gasteiger partial charge in [0.05, 0.1) is 13.2 Å². The van der Waals surface area contributed by atoms with Crippen LogP contribution in [0.1, 0.15) is 16.7 Å². The SMILES string of the molecule is O=C(OCCO)OCCc1ccc(OCc2ccccc2)c(OCc2ccccc2)c1. The monoisotopic (exact) mass is 422 g/mol. The topological polar surface area (TPSA) is 74.2 Å². The van der Waals surface area contributed by atoms with Crippen molar-refractivity contribution in [3.05, 3.63) is 95.6 Å². The van der Waals surface area contributed by atoms with E-state index in [1.165, 1.54) is 0 Å². The van der Waals surface area contributed by atoms with Crippen molar-refractivity contribution in [1.82, 2.24) is 0 Å². The average molecular weight is 422 g/mol. The summed E-state index contributed by atoms with van der Waals surface area (Å²) in [7, 11) is 0. The zero-order valence-corrected chi connectivity index (χ0v) is 17.2. The molecule has 3 aromatic rings. The Morgan fingerprint density at radius 2 is 1.26 bits per heavy atom. The van der Waals surface area contributed by atoms with Crippen molar-refractivity contribution in [3.8, 4) is 11.5 Å². The van der Waals surface area contributed by atoms with Crippen LogP contribution >= 0.6 is 0 Å². The number of hydrogen-bond donors (Lipinski definition) is 1. The van der Waals surface area contributed by atoms with Crippen molar-refractivity contribution in [2.24, 2.45) is 0 Å².